The first-order chi connectivity index (χ1) is 8.56. The number of benzene rings is 1. The molecule has 0 aliphatic rings. The van der Waals surface area contributed by atoms with Crippen LogP contribution in [0.3, 0.4) is 0 Å². The second kappa shape index (κ2) is 5.71. The average Bonchev–Trinajstić information content (AvgIpc) is 2.75. The van der Waals surface area contributed by atoms with Gasteiger partial charge in [0.2, 0.25) is 0 Å². The Kier molecular flexibility index (Phi) is 4.24. The Labute approximate surface area is 122 Å². The lowest BCUT2D eigenvalue weighted by Gasteiger charge is -2.16. The van der Waals surface area contributed by atoms with Gasteiger partial charge < -0.3 is 9.88 Å². The van der Waals surface area contributed by atoms with E-state index in [9.17, 15) is 4.79 Å². The van der Waals surface area contributed by atoms with Crippen LogP contribution in [0.1, 0.15) is 16.1 Å². The third kappa shape index (κ3) is 3.23. The molecule has 2 aromatic rings. The van der Waals surface area contributed by atoms with Crippen LogP contribution in [0.4, 0.5) is 0 Å². The topological polar surface area (TPSA) is 36.1 Å². The zero-order chi connectivity index (χ0) is 13.1. The third-order valence-corrected chi connectivity index (χ3v) is 3.48. The molecule has 1 N–H and O–H groups in total. The zero-order valence-corrected chi connectivity index (χ0v) is 13.0. The first-order valence-electron chi connectivity index (χ1n) is 5.40. The highest BCUT2D eigenvalue weighted by Crippen LogP contribution is 2.15. The van der Waals surface area contributed by atoms with Crippen LogP contribution in [0.2, 0.25) is 0 Å². The number of aromatic nitrogens is 1. The van der Waals surface area contributed by atoms with Crippen molar-refractivity contribution < 1.29 is 4.79 Å². The molecular formula is C13H12Br2N2O. The molecule has 0 radical (unpaired) electrons. The van der Waals surface area contributed by atoms with Crippen molar-refractivity contribution in [3.63, 3.8) is 0 Å². The number of carbonyl (C=O) groups excluding carboxylic acids is 1. The SMILES string of the molecule is CN(Cc1cccc(Br)c1)C(=O)c1cc(Br)c[nH]1. The minimum atomic E-state index is -0.0272. The molecule has 0 aliphatic heterocycles. The number of nitrogens with zero attached hydrogens (tertiary/aromatic N) is 1. The lowest BCUT2D eigenvalue weighted by Crippen LogP contribution is -2.26. The summed E-state index contributed by atoms with van der Waals surface area (Å²) in [6, 6.07) is 9.71. The first-order valence-corrected chi connectivity index (χ1v) is 6.98. The Balaban J connectivity index is 2.08. The second-order valence-electron chi connectivity index (χ2n) is 4.02. The van der Waals surface area contributed by atoms with Crippen molar-refractivity contribution in [2.24, 2.45) is 0 Å². The van der Waals surface area contributed by atoms with E-state index in [1.165, 1.54) is 0 Å². The third-order valence-electron chi connectivity index (χ3n) is 2.53. The molecule has 18 heavy (non-hydrogen) atoms. The molecule has 0 fully saturated rings. The predicted molar refractivity (Wildman–Crippen MR) is 78.4 cm³/mol. The molecule has 1 heterocycles. The van der Waals surface area contributed by atoms with E-state index >= 15 is 0 Å². The Morgan fingerprint density at radius 3 is 2.67 bits per heavy atom. The summed E-state index contributed by atoms with van der Waals surface area (Å²) >= 11 is 6.74. The van der Waals surface area contributed by atoms with Gasteiger partial charge in [-0.3, -0.25) is 4.79 Å². The van der Waals surface area contributed by atoms with Gasteiger partial charge in [-0.05, 0) is 39.7 Å². The number of hydrogen-bond acceptors (Lipinski definition) is 1. The second-order valence-corrected chi connectivity index (χ2v) is 5.85. The summed E-state index contributed by atoms with van der Waals surface area (Å²) in [5.41, 5.74) is 1.67. The van der Waals surface area contributed by atoms with Crippen molar-refractivity contribution in [3.8, 4) is 0 Å². The summed E-state index contributed by atoms with van der Waals surface area (Å²) in [7, 11) is 1.79. The standard InChI is InChI=1S/C13H12Br2N2O/c1-17(8-9-3-2-4-10(14)5-9)13(18)12-6-11(15)7-16-12/h2-7,16H,8H2,1H3. The number of halogens is 2. The fraction of sp³-hybridized carbons (Fsp3) is 0.154. The van der Waals surface area contributed by atoms with Crippen LogP contribution >= 0.6 is 31.9 Å². The van der Waals surface area contributed by atoms with E-state index in [-0.39, 0.29) is 5.91 Å². The highest BCUT2D eigenvalue weighted by Gasteiger charge is 2.13. The molecule has 3 nitrogen and oxygen atoms in total. The van der Waals surface area contributed by atoms with E-state index in [0.29, 0.717) is 12.2 Å². The van der Waals surface area contributed by atoms with Gasteiger partial charge in [0, 0.05) is 28.7 Å². The Morgan fingerprint density at radius 1 is 1.28 bits per heavy atom. The summed E-state index contributed by atoms with van der Waals surface area (Å²) in [5.74, 6) is -0.0272. The van der Waals surface area contributed by atoms with Crippen LogP contribution in [0.25, 0.3) is 0 Å². The zero-order valence-electron chi connectivity index (χ0n) is 9.78. The fourth-order valence-electron chi connectivity index (χ4n) is 1.68. The molecule has 0 saturated heterocycles. The van der Waals surface area contributed by atoms with Gasteiger partial charge in [-0.2, -0.15) is 0 Å². The molecule has 0 aliphatic carbocycles. The molecule has 0 spiro atoms. The largest absolute Gasteiger partial charge is 0.356 e. The van der Waals surface area contributed by atoms with Gasteiger partial charge >= 0.3 is 0 Å². The van der Waals surface area contributed by atoms with Crippen molar-refractivity contribution in [1.82, 2.24) is 9.88 Å². The van der Waals surface area contributed by atoms with Crippen LogP contribution in [-0.2, 0) is 6.54 Å². The first kappa shape index (κ1) is 13.4. The minimum Gasteiger partial charge on any atom is -0.356 e. The van der Waals surface area contributed by atoms with Gasteiger partial charge in [0.05, 0.1) is 0 Å². The molecule has 0 bridgehead atoms. The lowest BCUT2D eigenvalue weighted by molar-refractivity contribution is 0.0780. The quantitative estimate of drug-likeness (QED) is 0.874. The van der Waals surface area contributed by atoms with Gasteiger partial charge in [0.1, 0.15) is 5.69 Å². The molecule has 1 aromatic carbocycles. The summed E-state index contributed by atoms with van der Waals surface area (Å²) < 4.78 is 1.89. The van der Waals surface area contributed by atoms with Crippen molar-refractivity contribution in [1.29, 1.82) is 0 Å². The van der Waals surface area contributed by atoms with Gasteiger partial charge in [-0.1, -0.05) is 28.1 Å². The predicted octanol–water partition coefficient (Wildman–Crippen LogP) is 3.81. The Hall–Kier alpha value is -1.07. The fourth-order valence-corrected chi connectivity index (χ4v) is 2.47. The van der Waals surface area contributed by atoms with Crippen molar-refractivity contribution >= 4 is 37.8 Å². The molecule has 2 rings (SSSR count). The number of aromatic amines is 1. The maximum atomic E-state index is 12.1. The summed E-state index contributed by atoms with van der Waals surface area (Å²) in [4.78, 5) is 16.7. The minimum absolute atomic E-state index is 0.0272. The molecule has 0 unspecified atom stereocenters. The number of hydrogen-bond donors (Lipinski definition) is 1. The van der Waals surface area contributed by atoms with Crippen molar-refractivity contribution in [2.45, 2.75) is 6.54 Å². The maximum absolute atomic E-state index is 12.1. The average molecular weight is 372 g/mol. The number of rotatable bonds is 3. The Bertz CT molecular complexity index is 566. The molecular weight excluding hydrogens is 360 g/mol. The van der Waals surface area contributed by atoms with Crippen LogP contribution in [-0.4, -0.2) is 22.8 Å². The molecule has 0 atom stereocenters. The van der Waals surface area contributed by atoms with Crippen molar-refractivity contribution in [3.05, 3.63) is 56.7 Å². The highest BCUT2D eigenvalue weighted by atomic mass is 79.9. The monoisotopic (exact) mass is 370 g/mol. The lowest BCUT2D eigenvalue weighted by atomic mass is 10.2. The molecule has 94 valence electrons. The van der Waals surface area contributed by atoms with Crippen LogP contribution in [0, 0.1) is 0 Å². The summed E-state index contributed by atoms with van der Waals surface area (Å²) in [5, 5.41) is 0. The van der Waals surface area contributed by atoms with E-state index in [0.717, 1.165) is 14.5 Å². The van der Waals surface area contributed by atoms with Gasteiger partial charge in [0.15, 0.2) is 0 Å². The van der Waals surface area contributed by atoms with E-state index in [1.807, 2.05) is 24.3 Å². The van der Waals surface area contributed by atoms with Crippen LogP contribution in [0.5, 0.6) is 0 Å². The number of carbonyl (C=O) groups is 1. The summed E-state index contributed by atoms with van der Waals surface area (Å²) in [6.45, 7) is 0.578. The molecule has 5 heteroatoms. The van der Waals surface area contributed by atoms with Gasteiger partial charge in [-0.25, -0.2) is 0 Å². The van der Waals surface area contributed by atoms with E-state index in [1.54, 1.807) is 24.2 Å². The Morgan fingerprint density at radius 2 is 2.06 bits per heavy atom. The van der Waals surface area contributed by atoms with E-state index in [2.05, 4.69) is 36.8 Å². The van der Waals surface area contributed by atoms with Crippen LogP contribution in [0.15, 0.2) is 45.5 Å². The van der Waals surface area contributed by atoms with E-state index < -0.39 is 0 Å². The molecule has 1 amide bonds. The normalized spacial score (nSPS) is 10.4. The van der Waals surface area contributed by atoms with Crippen molar-refractivity contribution in [2.75, 3.05) is 7.05 Å². The smallest absolute Gasteiger partial charge is 0.270 e. The van der Waals surface area contributed by atoms with Gasteiger partial charge in [-0.15, -0.1) is 0 Å². The number of H-pyrrole nitrogens is 1. The maximum Gasteiger partial charge on any atom is 0.270 e. The highest BCUT2D eigenvalue weighted by molar-refractivity contribution is 9.10. The molecule has 0 saturated carbocycles. The van der Waals surface area contributed by atoms with Crippen LogP contribution < -0.4 is 0 Å². The molecule has 1 aromatic heterocycles. The number of amides is 1. The van der Waals surface area contributed by atoms with E-state index in [4.69, 9.17) is 0 Å². The summed E-state index contributed by atoms with van der Waals surface area (Å²) in [6.07, 6.45) is 1.75. The number of nitrogens with one attached hydrogen (secondary N) is 1. The van der Waals surface area contributed by atoms with Gasteiger partial charge in [0.25, 0.3) is 5.91 Å².